The van der Waals surface area contributed by atoms with Crippen molar-refractivity contribution in [3.05, 3.63) is 36.0 Å². The van der Waals surface area contributed by atoms with E-state index in [0.717, 1.165) is 16.5 Å². The highest BCUT2D eigenvalue weighted by Gasteiger charge is 2.29. The van der Waals surface area contributed by atoms with Gasteiger partial charge in [-0.2, -0.15) is 13.2 Å². The summed E-state index contributed by atoms with van der Waals surface area (Å²) in [5.74, 6) is -0.406. The molecule has 5 heteroatoms. The van der Waals surface area contributed by atoms with E-state index in [2.05, 4.69) is 10.3 Å². The van der Waals surface area contributed by atoms with Crippen molar-refractivity contribution in [2.75, 3.05) is 6.54 Å². The number of halogens is 3. The molecule has 2 N–H and O–H groups in total. The van der Waals surface area contributed by atoms with Crippen LogP contribution in [0.25, 0.3) is 10.9 Å². The smallest absolute Gasteiger partial charge is 0.361 e. The molecule has 0 aliphatic carbocycles. The maximum Gasteiger partial charge on any atom is 0.389 e. The Balaban J connectivity index is 1.82. The largest absolute Gasteiger partial charge is 0.389 e. The molecule has 0 fully saturated rings. The highest BCUT2D eigenvalue weighted by Crippen LogP contribution is 2.24. The Kier molecular flexibility index (Phi) is 4.14. The van der Waals surface area contributed by atoms with Gasteiger partial charge in [0.25, 0.3) is 0 Å². The van der Waals surface area contributed by atoms with E-state index in [9.17, 15) is 13.2 Å². The topological polar surface area (TPSA) is 27.8 Å². The summed E-state index contributed by atoms with van der Waals surface area (Å²) >= 11 is 0. The van der Waals surface area contributed by atoms with Gasteiger partial charge in [0.2, 0.25) is 0 Å². The normalized spacial score (nSPS) is 13.9. The van der Waals surface area contributed by atoms with Crippen LogP contribution in [0.4, 0.5) is 13.2 Å². The summed E-state index contributed by atoms with van der Waals surface area (Å²) in [6.07, 6.45) is -2.95. The van der Waals surface area contributed by atoms with Crippen LogP contribution in [0.2, 0.25) is 0 Å². The first-order chi connectivity index (χ1) is 8.94. The minimum absolute atomic E-state index is 0.366. The van der Waals surface area contributed by atoms with Crippen molar-refractivity contribution >= 4 is 10.9 Å². The fourth-order valence-corrected chi connectivity index (χ4v) is 2.14. The highest BCUT2D eigenvalue weighted by atomic mass is 19.4. The molecule has 19 heavy (non-hydrogen) atoms. The lowest BCUT2D eigenvalue weighted by Gasteiger charge is -2.14. The van der Waals surface area contributed by atoms with Gasteiger partial charge >= 0.3 is 6.18 Å². The number of H-pyrrole nitrogens is 1. The molecule has 0 amide bonds. The van der Waals surface area contributed by atoms with E-state index in [0.29, 0.717) is 13.1 Å². The van der Waals surface area contributed by atoms with E-state index >= 15 is 0 Å². The van der Waals surface area contributed by atoms with Crippen LogP contribution in [-0.2, 0) is 6.54 Å². The molecule has 0 saturated heterocycles. The van der Waals surface area contributed by atoms with E-state index in [1.165, 1.54) is 0 Å². The zero-order valence-corrected chi connectivity index (χ0v) is 10.7. The molecule has 0 aliphatic rings. The van der Waals surface area contributed by atoms with Gasteiger partial charge in [0.1, 0.15) is 0 Å². The van der Waals surface area contributed by atoms with Gasteiger partial charge in [-0.25, -0.2) is 0 Å². The molecule has 104 valence electrons. The Morgan fingerprint density at radius 3 is 2.79 bits per heavy atom. The minimum Gasteiger partial charge on any atom is -0.361 e. The zero-order valence-electron chi connectivity index (χ0n) is 10.7. The van der Waals surface area contributed by atoms with Gasteiger partial charge in [0, 0.05) is 24.7 Å². The van der Waals surface area contributed by atoms with Crippen LogP contribution >= 0.6 is 0 Å². The number of hydrogen-bond donors (Lipinski definition) is 2. The molecule has 0 radical (unpaired) electrons. The summed E-state index contributed by atoms with van der Waals surface area (Å²) in [5, 5.41) is 4.18. The van der Waals surface area contributed by atoms with Gasteiger partial charge < -0.3 is 10.3 Å². The predicted octanol–water partition coefficient (Wildman–Crippen LogP) is 3.85. The molecule has 2 aromatic rings. The molecule has 1 unspecified atom stereocenters. The molecule has 1 aromatic carbocycles. The fourth-order valence-electron chi connectivity index (χ4n) is 2.14. The lowest BCUT2D eigenvalue weighted by atomic mass is 10.1. The first-order valence-corrected chi connectivity index (χ1v) is 6.27. The molecule has 0 aliphatic heterocycles. The zero-order chi connectivity index (χ0) is 13.9. The lowest BCUT2D eigenvalue weighted by molar-refractivity contribution is -0.142. The summed E-state index contributed by atoms with van der Waals surface area (Å²) in [4.78, 5) is 3.10. The maximum atomic E-state index is 12.2. The summed E-state index contributed by atoms with van der Waals surface area (Å²) in [7, 11) is 0. The van der Waals surface area contributed by atoms with Crippen LogP contribution in [0, 0.1) is 5.92 Å². The van der Waals surface area contributed by atoms with Crippen LogP contribution < -0.4 is 5.32 Å². The van der Waals surface area contributed by atoms with Gasteiger partial charge in [-0.1, -0.05) is 13.0 Å². The summed E-state index contributed by atoms with van der Waals surface area (Å²) < 4.78 is 36.5. The molecule has 0 bridgehead atoms. The van der Waals surface area contributed by atoms with Crippen molar-refractivity contribution in [3.8, 4) is 0 Å². The monoisotopic (exact) mass is 270 g/mol. The number of nitrogens with one attached hydrogen (secondary N) is 2. The molecular formula is C14H17F3N2. The summed E-state index contributed by atoms with van der Waals surface area (Å²) in [6.45, 7) is 2.56. The van der Waals surface area contributed by atoms with E-state index in [-0.39, 0.29) is 0 Å². The van der Waals surface area contributed by atoms with Crippen LogP contribution in [0.5, 0.6) is 0 Å². The third-order valence-corrected chi connectivity index (χ3v) is 3.02. The predicted molar refractivity (Wildman–Crippen MR) is 69.8 cm³/mol. The number of aromatic nitrogens is 1. The molecular weight excluding hydrogens is 253 g/mol. The Morgan fingerprint density at radius 2 is 2.05 bits per heavy atom. The Labute approximate surface area is 110 Å². The average molecular weight is 270 g/mol. The SMILES string of the molecule is CC(CNCc1ccc2[nH]ccc2c1)CC(F)(F)F. The van der Waals surface area contributed by atoms with E-state index in [1.807, 2.05) is 30.5 Å². The van der Waals surface area contributed by atoms with E-state index in [1.54, 1.807) is 6.92 Å². The summed E-state index contributed by atoms with van der Waals surface area (Å²) in [5.41, 5.74) is 2.14. The molecule has 2 rings (SSSR count). The number of fused-ring (bicyclic) bond motifs is 1. The van der Waals surface area contributed by atoms with Gasteiger partial charge in [-0.05, 0) is 41.6 Å². The summed E-state index contributed by atoms with van der Waals surface area (Å²) in [6, 6.07) is 7.96. The van der Waals surface area contributed by atoms with E-state index in [4.69, 9.17) is 0 Å². The quantitative estimate of drug-likeness (QED) is 0.848. The minimum atomic E-state index is -4.08. The highest BCUT2D eigenvalue weighted by molar-refractivity contribution is 5.79. The lowest BCUT2D eigenvalue weighted by Crippen LogP contribution is -2.24. The Hall–Kier alpha value is -1.49. The number of rotatable bonds is 5. The maximum absolute atomic E-state index is 12.2. The van der Waals surface area contributed by atoms with Crippen LogP contribution in [-0.4, -0.2) is 17.7 Å². The van der Waals surface area contributed by atoms with Gasteiger partial charge in [0.05, 0.1) is 0 Å². The van der Waals surface area contributed by atoms with Gasteiger partial charge in [-0.3, -0.25) is 0 Å². The second-order valence-electron chi connectivity index (χ2n) is 4.95. The van der Waals surface area contributed by atoms with Crippen molar-refractivity contribution in [1.82, 2.24) is 10.3 Å². The number of hydrogen-bond acceptors (Lipinski definition) is 1. The first kappa shape index (κ1) is 13.9. The Bertz CT molecular complexity index is 531. The first-order valence-electron chi connectivity index (χ1n) is 6.27. The average Bonchev–Trinajstić information content (AvgIpc) is 2.73. The third-order valence-electron chi connectivity index (χ3n) is 3.02. The van der Waals surface area contributed by atoms with Crippen LogP contribution in [0.15, 0.2) is 30.5 Å². The molecule has 2 nitrogen and oxygen atoms in total. The van der Waals surface area contributed by atoms with Gasteiger partial charge in [0.15, 0.2) is 0 Å². The molecule has 0 saturated carbocycles. The second-order valence-corrected chi connectivity index (χ2v) is 4.95. The van der Waals surface area contributed by atoms with Crippen molar-refractivity contribution < 1.29 is 13.2 Å². The van der Waals surface area contributed by atoms with Gasteiger partial charge in [-0.15, -0.1) is 0 Å². The van der Waals surface area contributed by atoms with Crippen molar-refractivity contribution in [3.63, 3.8) is 0 Å². The molecule has 1 atom stereocenters. The Morgan fingerprint density at radius 1 is 1.26 bits per heavy atom. The number of benzene rings is 1. The molecule has 0 spiro atoms. The van der Waals surface area contributed by atoms with E-state index < -0.39 is 18.5 Å². The van der Waals surface area contributed by atoms with Crippen LogP contribution in [0.1, 0.15) is 18.9 Å². The standard InChI is InChI=1S/C14H17F3N2/c1-10(7-14(15,16)17)8-18-9-11-2-3-13-12(6-11)4-5-19-13/h2-6,10,18-19H,7-9H2,1H3. The number of aromatic amines is 1. The van der Waals surface area contributed by atoms with Crippen molar-refractivity contribution in [1.29, 1.82) is 0 Å². The fraction of sp³-hybridized carbons (Fsp3) is 0.429. The number of alkyl halides is 3. The van der Waals surface area contributed by atoms with Crippen LogP contribution in [0.3, 0.4) is 0 Å². The van der Waals surface area contributed by atoms with Crippen molar-refractivity contribution in [2.24, 2.45) is 5.92 Å². The van der Waals surface area contributed by atoms with Crippen molar-refractivity contribution in [2.45, 2.75) is 26.1 Å². The second kappa shape index (κ2) is 5.65. The molecule has 1 aromatic heterocycles. The molecule has 1 heterocycles. The third kappa shape index (κ3) is 4.28.